The lowest BCUT2D eigenvalue weighted by Gasteiger charge is -2.28. The lowest BCUT2D eigenvalue weighted by molar-refractivity contribution is 1.28. The first-order valence-corrected chi connectivity index (χ1v) is 18.9. The van der Waals surface area contributed by atoms with E-state index in [9.17, 15) is 0 Å². The Morgan fingerprint density at radius 2 is 0.800 bits per heavy atom. The summed E-state index contributed by atoms with van der Waals surface area (Å²) in [6.45, 7) is 0. The fourth-order valence-electron chi connectivity index (χ4n) is 8.21. The molecule has 55 heavy (non-hydrogen) atoms. The molecule has 0 saturated heterocycles. The maximum absolute atomic E-state index is 2.41. The van der Waals surface area contributed by atoms with E-state index < -0.39 is 0 Å². The van der Waals surface area contributed by atoms with E-state index in [1.165, 1.54) is 76.8 Å². The number of hydrogen-bond donors (Lipinski definition) is 0. The second-order valence-electron chi connectivity index (χ2n) is 14.1. The van der Waals surface area contributed by atoms with Gasteiger partial charge in [0, 0.05) is 16.9 Å². The van der Waals surface area contributed by atoms with Gasteiger partial charge in [-0.1, -0.05) is 182 Å². The molecule has 0 aromatic heterocycles. The van der Waals surface area contributed by atoms with Crippen LogP contribution in [0.15, 0.2) is 224 Å². The second kappa shape index (κ2) is 14.0. The molecule has 0 aliphatic rings. The molecule has 0 atom stereocenters. The number of para-hydroxylation sites is 1. The molecule has 0 unspecified atom stereocenters. The molecular weight excluding hydrogens is 663 g/mol. The Morgan fingerprint density at radius 3 is 1.64 bits per heavy atom. The van der Waals surface area contributed by atoms with E-state index in [4.69, 9.17) is 0 Å². The third-order valence-corrected chi connectivity index (χ3v) is 10.8. The lowest BCUT2D eigenvalue weighted by Crippen LogP contribution is -2.11. The van der Waals surface area contributed by atoms with Crippen LogP contribution in [0.4, 0.5) is 17.1 Å². The van der Waals surface area contributed by atoms with Gasteiger partial charge in [-0.15, -0.1) is 0 Å². The number of benzene rings is 10. The minimum Gasteiger partial charge on any atom is -0.310 e. The van der Waals surface area contributed by atoms with E-state index in [1.54, 1.807) is 0 Å². The summed E-state index contributed by atoms with van der Waals surface area (Å²) in [5.74, 6) is 0. The SMILES string of the molecule is c1ccc(-c2cccc(N(c3ccc(-c4cc5ccccc5c5ccccc45)cc3)c3ccccc3-c3cccc(-c4cccc5ccccc45)c3)c2)cc1. The van der Waals surface area contributed by atoms with Gasteiger partial charge in [-0.05, 0) is 114 Å². The largest absolute Gasteiger partial charge is 0.310 e. The minimum absolute atomic E-state index is 1.09. The number of anilines is 3. The van der Waals surface area contributed by atoms with Gasteiger partial charge in [-0.3, -0.25) is 0 Å². The van der Waals surface area contributed by atoms with Gasteiger partial charge in [-0.2, -0.15) is 0 Å². The van der Waals surface area contributed by atoms with Crippen LogP contribution in [0.5, 0.6) is 0 Å². The maximum Gasteiger partial charge on any atom is 0.0540 e. The number of hydrogen-bond acceptors (Lipinski definition) is 1. The van der Waals surface area contributed by atoms with Crippen molar-refractivity contribution in [2.24, 2.45) is 0 Å². The summed E-state index contributed by atoms with van der Waals surface area (Å²) in [6, 6.07) is 81.5. The van der Waals surface area contributed by atoms with Crippen molar-refractivity contribution in [3.05, 3.63) is 224 Å². The zero-order valence-corrected chi connectivity index (χ0v) is 30.3. The molecule has 0 bridgehead atoms. The van der Waals surface area contributed by atoms with Crippen molar-refractivity contribution < 1.29 is 0 Å². The Hall–Kier alpha value is -7.22. The van der Waals surface area contributed by atoms with Gasteiger partial charge in [0.1, 0.15) is 0 Å². The van der Waals surface area contributed by atoms with Crippen LogP contribution < -0.4 is 4.90 Å². The van der Waals surface area contributed by atoms with Gasteiger partial charge in [0.05, 0.1) is 5.69 Å². The van der Waals surface area contributed by atoms with Crippen LogP contribution in [0.25, 0.3) is 76.8 Å². The van der Waals surface area contributed by atoms with Crippen molar-refractivity contribution in [1.82, 2.24) is 0 Å². The normalized spacial score (nSPS) is 11.3. The third-order valence-electron chi connectivity index (χ3n) is 10.8. The molecule has 0 aliphatic carbocycles. The summed E-state index contributed by atoms with van der Waals surface area (Å²) >= 11 is 0. The van der Waals surface area contributed by atoms with Crippen molar-refractivity contribution >= 4 is 49.4 Å². The Balaban J connectivity index is 1.13. The highest BCUT2D eigenvalue weighted by Gasteiger charge is 2.19. The molecule has 0 saturated carbocycles. The summed E-state index contributed by atoms with van der Waals surface area (Å²) < 4.78 is 0. The van der Waals surface area contributed by atoms with Crippen LogP contribution in [-0.2, 0) is 0 Å². The minimum atomic E-state index is 1.09. The van der Waals surface area contributed by atoms with Crippen LogP contribution >= 0.6 is 0 Å². The molecular formula is C54H37N. The van der Waals surface area contributed by atoms with Gasteiger partial charge in [0.2, 0.25) is 0 Å². The van der Waals surface area contributed by atoms with Crippen molar-refractivity contribution in [3.8, 4) is 44.5 Å². The van der Waals surface area contributed by atoms with Gasteiger partial charge in [0.25, 0.3) is 0 Å². The number of nitrogens with zero attached hydrogens (tertiary/aromatic N) is 1. The molecule has 258 valence electrons. The first-order chi connectivity index (χ1) is 27.3. The van der Waals surface area contributed by atoms with E-state index in [0.29, 0.717) is 0 Å². The van der Waals surface area contributed by atoms with Crippen LogP contribution in [-0.4, -0.2) is 0 Å². The summed E-state index contributed by atoms with van der Waals surface area (Å²) in [6.07, 6.45) is 0. The Labute approximate surface area is 322 Å². The van der Waals surface area contributed by atoms with Crippen LogP contribution in [0.2, 0.25) is 0 Å². The molecule has 0 amide bonds. The highest BCUT2D eigenvalue weighted by atomic mass is 15.1. The summed E-state index contributed by atoms with van der Waals surface area (Å²) in [5, 5.41) is 7.57. The van der Waals surface area contributed by atoms with E-state index >= 15 is 0 Å². The highest BCUT2D eigenvalue weighted by Crippen LogP contribution is 2.44. The zero-order chi connectivity index (χ0) is 36.6. The highest BCUT2D eigenvalue weighted by molar-refractivity contribution is 6.13. The Bertz CT molecular complexity index is 2970. The van der Waals surface area contributed by atoms with Crippen molar-refractivity contribution in [3.63, 3.8) is 0 Å². The molecule has 1 nitrogen and oxygen atoms in total. The molecule has 0 fully saturated rings. The molecule has 0 N–H and O–H groups in total. The molecule has 1 heteroatoms. The average molecular weight is 700 g/mol. The standard InChI is InChI=1S/C54H37N/c1-2-15-38(16-3-1)41-20-13-23-46(36-41)55(45-33-31-40(32-34-45)53-37-44-18-5-7-25-49(44)51-27-8-9-28-52(51)53)54-30-11-10-26-50(54)43-22-12-21-42(35-43)48-29-14-19-39-17-4-6-24-47(39)48/h1-37H. The lowest BCUT2D eigenvalue weighted by atomic mass is 9.93. The second-order valence-corrected chi connectivity index (χ2v) is 14.1. The molecule has 0 spiro atoms. The Morgan fingerprint density at radius 1 is 0.236 bits per heavy atom. The van der Waals surface area contributed by atoms with Crippen LogP contribution in [0.1, 0.15) is 0 Å². The first-order valence-electron chi connectivity index (χ1n) is 18.9. The molecule has 10 rings (SSSR count). The van der Waals surface area contributed by atoms with E-state index in [-0.39, 0.29) is 0 Å². The maximum atomic E-state index is 2.41. The fraction of sp³-hybridized carbons (Fsp3) is 0. The Kier molecular flexibility index (Phi) is 8.24. The fourth-order valence-corrected chi connectivity index (χ4v) is 8.21. The first kappa shape index (κ1) is 32.4. The molecule has 0 heterocycles. The predicted molar refractivity (Wildman–Crippen MR) is 235 cm³/mol. The van der Waals surface area contributed by atoms with Gasteiger partial charge in [-0.25, -0.2) is 0 Å². The summed E-state index contributed by atoms with van der Waals surface area (Å²) in [7, 11) is 0. The van der Waals surface area contributed by atoms with Crippen molar-refractivity contribution in [2.75, 3.05) is 4.90 Å². The molecule has 10 aromatic rings. The smallest absolute Gasteiger partial charge is 0.0540 e. The van der Waals surface area contributed by atoms with Crippen molar-refractivity contribution in [2.45, 2.75) is 0 Å². The molecule has 0 aliphatic heterocycles. The number of rotatable bonds is 7. The molecule has 0 radical (unpaired) electrons. The zero-order valence-electron chi connectivity index (χ0n) is 30.3. The molecule has 10 aromatic carbocycles. The van der Waals surface area contributed by atoms with Crippen LogP contribution in [0.3, 0.4) is 0 Å². The summed E-state index contributed by atoms with van der Waals surface area (Å²) in [4.78, 5) is 2.41. The van der Waals surface area contributed by atoms with E-state index in [1.807, 2.05) is 0 Å². The number of fused-ring (bicyclic) bond motifs is 4. The van der Waals surface area contributed by atoms with Crippen molar-refractivity contribution in [1.29, 1.82) is 0 Å². The average Bonchev–Trinajstić information content (AvgIpc) is 3.27. The quantitative estimate of drug-likeness (QED) is 0.150. The topological polar surface area (TPSA) is 3.24 Å². The van der Waals surface area contributed by atoms with Gasteiger partial charge in [0.15, 0.2) is 0 Å². The summed E-state index contributed by atoms with van der Waals surface area (Å²) in [5.41, 5.74) is 12.9. The van der Waals surface area contributed by atoms with Crippen LogP contribution in [0, 0.1) is 0 Å². The predicted octanol–water partition coefficient (Wildman–Crippen LogP) is 15.3. The van der Waals surface area contributed by atoms with E-state index in [2.05, 4.69) is 229 Å². The van der Waals surface area contributed by atoms with E-state index in [0.717, 1.165) is 17.1 Å². The van der Waals surface area contributed by atoms with Gasteiger partial charge >= 0.3 is 0 Å². The van der Waals surface area contributed by atoms with Gasteiger partial charge < -0.3 is 4.90 Å². The monoisotopic (exact) mass is 699 g/mol. The third kappa shape index (κ3) is 6.02.